The molecule has 5 rings (SSSR count). The Kier molecular flexibility index (Phi) is 6.68. The number of nitrogens with one attached hydrogen (secondary N) is 1. The van der Waals surface area contributed by atoms with Crippen LogP contribution in [0.15, 0.2) is 53.7 Å². The monoisotopic (exact) mass is 543 g/mol. The normalized spacial score (nSPS) is 20.2. The number of halogens is 2. The number of nitrogens with two attached hydrogens (primary N) is 1. The Labute approximate surface area is 218 Å². The zero-order valence-electron chi connectivity index (χ0n) is 20.5. The number of rotatable bonds is 6. The number of anilines is 1. The standard InChI is InChI=1S/C26H27F2N5O4S/c1-26(35)8-6-17(7-9-26)32-38(36,37)23-11-16(3-5-19(23)27)22-12-30-25-24(29)31-21(13-33(22)25)18-4-2-15(14-34)10-20(18)28/h2-5,10-13,17,32,34-35H,6-9,14H2,1H3,(H2,29,31)/t17-,26+. The molecule has 0 amide bonds. The Morgan fingerprint density at radius 1 is 1.16 bits per heavy atom. The van der Waals surface area contributed by atoms with Crippen LogP contribution < -0.4 is 10.5 Å². The van der Waals surface area contributed by atoms with E-state index >= 15 is 0 Å². The molecule has 5 N–H and O–H groups in total. The van der Waals surface area contributed by atoms with Crippen LogP contribution in [0.5, 0.6) is 0 Å². The fourth-order valence-corrected chi connectivity index (χ4v) is 6.14. The number of aromatic nitrogens is 3. The molecule has 0 radical (unpaired) electrons. The maximum Gasteiger partial charge on any atom is 0.243 e. The first kappa shape index (κ1) is 26.2. The van der Waals surface area contributed by atoms with Crippen LogP contribution in [0.25, 0.3) is 28.2 Å². The van der Waals surface area contributed by atoms with Crippen molar-refractivity contribution in [3.8, 4) is 22.5 Å². The molecule has 38 heavy (non-hydrogen) atoms. The second-order valence-electron chi connectivity index (χ2n) is 9.86. The van der Waals surface area contributed by atoms with Crippen LogP contribution in [-0.2, 0) is 16.6 Å². The minimum atomic E-state index is -4.21. The van der Waals surface area contributed by atoms with Gasteiger partial charge in [0.1, 0.15) is 16.5 Å². The molecule has 0 spiro atoms. The van der Waals surface area contributed by atoms with Crippen molar-refractivity contribution in [1.82, 2.24) is 19.1 Å². The lowest BCUT2D eigenvalue weighted by molar-refractivity contribution is 0.0163. The maximum atomic E-state index is 14.8. The summed E-state index contributed by atoms with van der Waals surface area (Å²) in [6.45, 7) is 1.40. The highest BCUT2D eigenvalue weighted by Crippen LogP contribution is 2.32. The topological polar surface area (TPSA) is 143 Å². The van der Waals surface area contributed by atoms with Gasteiger partial charge in [-0.25, -0.2) is 31.9 Å². The fourth-order valence-electron chi connectivity index (χ4n) is 4.73. The molecular formula is C26H27F2N5O4S. The second kappa shape index (κ2) is 9.70. The van der Waals surface area contributed by atoms with Crippen molar-refractivity contribution in [1.29, 1.82) is 0 Å². The number of hydrogen-bond donors (Lipinski definition) is 4. The van der Waals surface area contributed by atoms with Crippen molar-refractivity contribution in [2.75, 3.05) is 5.73 Å². The van der Waals surface area contributed by atoms with E-state index in [1.54, 1.807) is 13.0 Å². The van der Waals surface area contributed by atoms with Gasteiger partial charge in [0, 0.05) is 23.4 Å². The van der Waals surface area contributed by atoms with Gasteiger partial charge in [-0.3, -0.25) is 4.40 Å². The molecule has 1 aliphatic rings. The smallest absolute Gasteiger partial charge is 0.243 e. The number of benzene rings is 2. The van der Waals surface area contributed by atoms with Crippen molar-refractivity contribution in [3.05, 3.63) is 66.0 Å². The van der Waals surface area contributed by atoms with E-state index < -0.39 is 38.2 Å². The largest absolute Gasteiger partial charge is 0.392 e. The SMILES string of the molecule is C[C@]1(O)CC[C@@H](NS(=O)(=O)c2cc(-c3cnc4c(N)nc(-c5ccc(CO)cc5F)cn34)ccc2F)CC1. The number of fused-ring (bicyclic) bond motifs is 1. The fraction of sp³-hybridized carbons (Fsp3) is 0.308. The molecular weight excluding hydrogens is 516 g/mol. The number of sulfonamides is 1. The van der Waals surface area contributed by atoms with Gasteiger partial charge in [0.25, 0.3) is 0 Å². The minimum absolute atomic E-state index is 0.0178. The van der Waals surface area contributed by atoms with Crippen molar-refractivity contribution >= 4 is 21.5 Å². The molecule has 0 atom stereocenters. The van der Waals surface area contributed by atoms with Gasteiger partial charge in [-0.05, 0) is 68.5 Å². The third-order valence-corrected chi connectivity index (χ3v) is 8.45. The number of nitrogen functional groups attached to an aromatic ring is 1. The Morgan fingerprint density at radius 2 is 1.89 bits per heavy atom. The lowest BCUT2D eigenvalue weighted by atomic mass is 9.84. The summed E-state index contributed by atoms with van der Waals surface area (Å²) in [7, 11) is -4.21. The molecule has 2 aromatic carbocycles. The Hall–Kier alpha value is -3.45. The summed E-state index contributed by atoms with van der Waals surface area (Å²) >= 11 is 0. The third kappa shape index (κ3) is 4.99. The highest BCUT2D eigenvalue weighted by atomic mass is 32.2. The molecule has 2 aromatic heterocycles. The summed E-state index contributed by atoms with van der Waals surface area (Å²) in [6, 6.07) is 7.52. The van der Waals surface area contributed by atoms with Crippen molar-refractivity contribution in [2.24, 2.45) is 0 Å². The molecule has 1 saturated carbocycles. The van der Waals surface area contributed by atoms with Crippen molar-refractivity contribution < 1.29 is 27.4 Å². The molecule has 9 nitrogen and oxygen atoms in total. The number of nitrogens with zero attached hydrogens (tertiary/aromatic N) is 3. The van der Waals surface area contributed by atoms with E-state index in [4.69, 9.17) is 5.73 Å². The van der Waals surface area contributed by atoms with Gasteiger partial charge in [0.15, 0.2) is 11.5 Å². The Morgan fingerprint density at radius 3 is 2.58 bits per heavy atom. The lowest BCUT2D eigenvalue weighted by Gasteiger charge is -2.33. The lowest BCUT2D eigenvalue weighted by Crippen LogP contribution is -2.42. The first-order valence-corrected chi connectivity index (χ1v) is 13.5. The van der Waals surface area contributed by atoms with E-state index in [1.807, 2.05) is 0 Å². The van der Waals surface area contributed by atoms with Crippen molar-refractivity contribution in [3.63, 3.8) is 0 Å². The van der Waals surface area contributed by atoms with Gasteiger partial charge in [-0.15, -0.1) is 0 Å². The minimum Gasteiger partial charge on any atom is -0.392 e. The molecule has 0 unspecified atom stereocenters. The third-order valence-electron chi connectivity index (χ3n) is 6.91. The molecule has 12 heteroatoms. The Bertz CT molecular complexity index is 1630. The number of aliphatic hydroxyl groups excluding tert-OH is 1. The summed E-state index contributed by atoms with van der Waals surface area (Å²) < 4.78 is 59.9. The van der Waals surface area contributed by atoms with E-state index in [2.05, 4.69) is 14.7 Å². The predicted molar refractivity (Wildman–Crippen MR) is 137 cm³/mol. The molecule has 1 aliphatic carbocycles. The van der Waals surface area contributed by atoms with Gasteiger partial charge in [-0.2, -0.15) is 0 Å². The molecule has 1 fully saturated rings. The highest BCUT2D eigenvalue weighted by molar-refractivity contribution is 7.89. The average Bonchev–Trinajstić information content (AvgIpc) is 3.30. The zero-order chi connectivity index (χ0) is 27.2. The van der Waals surface area contributed by atoms with Gasteiger partial charge in [-0.1, -0.05) is 6.07 Å². The van der Waals surface area contributed by atoms with Crippen LogP contribution in [0.3, 0.4) is 0 Å². The molecule has 0 saturated heterocycles. The van der Waals surface area contributed by atoms with Crippen LogP contribution in [0.4, 0.5) is 14.6 Å². The molecule has 2 heterocycles. The number of hydrogen-bond acceptors (Lipinski definition) is 7. The van der Waals surface area contributed by atoms with Gasteiger partial charge >= 0.3 is 0 Å². The van der Waals surface area contributed by atoms with Crippen LogP contribution in [-0.4, -0.2) is 44.6 Å². The molecule has 4 aromatic rings. The maximum absolute atomic E-state index is 14.8. The number of aliphatic hydroxyl groups is 2. The van der Waals surface area contributed by atoms with Gasteiger partial charge in [0.2, 0.25) is 10.0 Å². The number of imidazole rings is 1. The van der Waals surface area contributed by atoms with Crippen LogP contribution in [0, 0.1) is 11.6 Å². The van der Waals surface area contributed by atoms with Gasteiger partial charge in [0.05, 0.1) is 29.8 Å². The quantitative estimate of drug-likeness (QED) is 0.292. The van der Waals surface area contributed by atoms with Crippen LogP contribution >= 0.6 is 0 Å². The first-order valence-electron chi connectivity index (χ1n) is 12.1. The summed E-state index contributed by atoms with van der Waals surface area (Å²) in [5.74, 6) is -1.50. The van der Waals surface area contributed by atoms with E-state index in [1.165, 1.54) is 41.1 Å². The molecule has 0 aliphatic heterocycles. The van der Waals surface area contributed by atoms with E-state index in [0.29, 0.717) is 42.5 Å². The van der Waals surface area contributed by atoms with E-state index in [0.717, 1.165) is 6.07 Å². The predicted octanol–water partition coefficient (Wildman–Crippen LogP) is 3.39. The zero-order valence-corrected chi connectivity index (χ0v) is 21.3. The van der Waals surface area contributed by atoms with E-state index in [9.17, 15) is 27.4 Å². The summed E-state index contributed by atoms with van der Waals surface area (Å²) in [5.41, 5.74) is 7.00. The second-order valence-corrected chi connectivity index (χ2v) is 11.5. The Balaban J connectivity index is 1.53. The van der Waals surface area contributed by atoms with Gasteiger partial charge < -0.3 is 15.9 Å². The van der Waals surface area contributed by atoms with Crippen LogP contribution in [0.2, 0.25) is 0 Å². The van der Waals surface area contributed by atoms with E-state index in [-0.39, 0.29) is 29.3 Å². The molecule has 0 bridgehead atoms. The van der Waals surface area contributed by atoms with Crippen molar-refractivity contribution in [2.45, 2.75) is 55.8 Å². The van der Waals surface area contributed by atoms with Crippen LogP contribution in [0.1, 0.15) is 38.2 Å². The summed E-state index contributed by atoms with van der Waals surface area (Å²) in [4.78, 5) is 8.00. The summed E-state index contributed by atoms with van der Waals surface area (Å²) in [6.07, 6.45) is 4.70. The highest BCUT2D eigenvalue weighted by Gasteiger charge is 2.32. The summed E-state index contributed by atoms with van der Waals surface area (Å²) in [5, 5.41) is 19.4. The average molecular weight is 544 g/mol. The first-order chi connectivity index (χ1) is 18.0. The molecule has 200 valence electrons.